The van der Waals surface area contributed by atoms with Gasteiger partial charge in [-0.25, -0.2) is 4.39 Å². The van der Waals surface area contributed by atoms with Gasteiger partial charge in [-0.1, -0.05) is 6.07 Å². The van der Waals surface area contributed by atoms with Crippen molar-refractivity contribution in [3.05, 3.63) is 35.6 Å². The third-order valence-corrected chi connectivity index (χ3v) is 2.12. The summed E-state index contributed by atoms with van der Waals surface area (Å²) in [5.41, 5.74) is 5.71. The smallest absolute Gasteiger partial charge is 0.253 e. The lowest BCUT2D eigenvalue weighted by molar-refractivity contribution is 0.0794. The predicted molar refractivity (Wildman–Crippen MR) is 57.0 cm³/mol. The van der Waals surface area contributed by atoms with Crippen LogP contribution in [0.1, 0.15) is 16.8 Å². The Kier molecular flexibility index (Phi) is 4.24. The molecule has 0 radical (unpaired) electrons. The summed E-state index contributed by atoms with van der Waals surface area (Å²) in [5.74, 6) is -0.573. The van der Waals surface area contributed by atoms with E-state index in [2.05, 4.69) is 0 Å². The summed E-state index contributed by atoms with van der Waals surface area (Å²) >= 11 is 0. The molecule has 4 heteroatoms. The molecule has 0 aromatic heterocycles. The van der Waals surface area contributed by atoms with Gasteiger partial charge in [0.05, 0.1) is 0 Å². The Morgan fingerprint density at radius 3 is 2.87 bits per heavy atom. The second-order valence-electron chi connectivity index (χ2n) is 3.38. The van der Waals surface area contributed by atoms with E-state index in [1.807, 2.05) is 0 Å². The molecule has 15 heavy (non-hydrogen) atoms. The Labute approximate surface area is 88.7 Å². The molecule has 0 heterocycles. The molecule has 0 aliphatic heterocycles. The van der Waals surface area contributed by atoms with E-state index in [0.29, 0.717) is 18.7 Å². The van der Waals surface area contributed by atoms with Gasteiger partial charge in [-0.2, -0.15) is 0 Å². The Balaban J connectivity index is 2.67. The van der Waals surface area contributed by atoms with Crippen molar-refractivity contribution in [2.75, 3.05) is 20.1 Å². The highest BCUT2D eigenvalue weighted by atomic mass is 19.1. The highest BCUT2D eigenvalue weighted by molar-refractivity contribution is 5.94. The van der Waals surface area contributed by atoms with Crippen LogP contribution in [0.5, 0.6) is 0 Å². The van der Waals surface area contributed by atoms with E-state index in [0.717, 1.165) is 6.42 Å². The van der Waals surface area contributed by atoms with E-state index in [4.69, 9.17) is 5.73 Å². The highest BCUT2D eigenvalue weighted by Gasteiger charge is 2.11. The molecular weight excluding hydrogens is 195 g/mol. The number of halogens is 1. The number of benzene rings is 1. The molecule has 1 aromatic rings. The Morgan fingerprint density at radius 1 is 1.53 bits per heavy atom. The minimum absolute atomic E-state index is 0.178. The van der Waals surface area contributed by atoms with E-state index in [1.165, 1.54) is 18.2 Å². The van der Waals surface area contributed by atoms with Crippen LogP contribution >= 0.6 is 0 Å². The van der Waals surface area contributed by atoms with Crippen molar-refractivity contribution in [2.45, 2.75) is 6.42 Å². The number of hydrogen-bond donors (Lipinski definition) is 1. The molecule has 1 rings (SSSR count). The Hall–Kier alpha value is -1.42. The number of carbonyl (C=O) groups excluding carboxylic acids is 1. The van der Waals surface area contributed by atoms with Gasteiger partial charge >= 0.3 is 0 Å². The lowest BCUT2D eigenvalue weighted by Gasteiger charge is -2.16. The average molecular weight is 210 g/mol. The SMILES string of the molecule is CN(CCCN)C(=O)c1cccc(F)c1. The first-order valence-electron chi connectivity index (χ1n) is 4.86. The van der Waals surface area contributed by atoms with Crippen LogP contribution in [0.3, 0.4) is 0 Å². The third kappa shape index (κ3) is 3.32. The fourth-order valence-corrected chi connectivity index (χ4v) is 1.27. The second-order valence-corrected chi connectivity index (χ2v) is 3.38. The van der Waals surface area contributed by atoms with Crippen LogP contribution in [-0.2, 0) is 0 Å². The predicted octanol–water partition coefficient (Wildman–Crippen LogP) is 1.25. The van der Waals surface area contributed by atoms with Crippen molar-refractivity contribution in [3.8, 4) is 0 Å². The molecule has 0 aliphatic carbocycles. The van der Waals surface area contributed by atoms with Gasteiger partial charge in [0, 0.05) is 19.2 Å². The van der Waals surface area contributed by atoms with Crippen molar-refractivity contribution in [1.29, 1.82) is 0 Å². The summed E-state index contributed by atoms with van der Waals surface area (Å²) < 4.78 is 12.9. The van der Waals surface area contributed by atoms with E-state index in [1.54, 1.807) is 18.0 Å². The molecule has 0 atom stereocenters. The number of carbonyl (C=O) groups is 1. The maximum absolute atomic E-state index is 12.9. The monoisotopic (exact) mass is 210 g/mol. The van der Waals surface area contributed by atoms with Gasteiger partial charge < -0.3 is 10.6 Å². The number of nitrogens with zero attached hydrogens (tertiary/aromatic N) is 1. The molecule has 2 N–H and O–H groups in total. The first kappa shape index (κ1) is 11.7. The molecule has 0 spiro atoms. The second kappa shape index (κ2) is 5.46. The normalized spacial score (nSPS) is 10.1. The largest absolute Gasteiger partial charge is 0.342 e. The average Bonchev–Trinajstić information content (AvgIpc) is 2.24. The van der Waals surface area contributed by atoms with Crippen molar-refractivity contribution in [2.24, 2.45) is 5.73 Å². The standard InChI is InChI=1S/C11H15FN2O/c1-14(7-3-6-13)11(15)9-4-2-5-10(12)8-9/h2,4-5,8H,3,6-7,13H2,1H3. The van der Waals surface area contributed by atoms with Gasteiger partial charge in [0.2, 0.25) is 0 Å². The number of hydrogen-bond acceptors (Lipinski definition) is 2. The summed E-state index contributed by atoms with van der Waals surface area (Å²) in [6.07, 6.45) is 0.748. The number of amides is 1. The van der Waals surface area contributed by atoms with Gasteiger partial charge in [-0.3, -0.25) is 4.79 Å². The third-order valence-electron chi connectivity index (χ3n) is 2.12. The van der Waals surface area contributed by atoms with Crippen LogP contribution < -0.4 is 5.73 Å². The molecule has 0 unspecified atom stereocenters. The summed E-state index contributed by atoms with van der Waals surface area (Å²) in [5, 5.41) is 0. The lowest BCUT2D eigenvalue weighted by atomic mass is 10.2. The van der Waals surface area contributed by atoms with Crippen molar-refractivity contribution in [1.82, 2.24) is 4.90 Å². The van der Waals surface area contributed by atoms with Gasteiger partial charge in [-0.05, 0) is 31.2 Å². The fourth-order valence-electron chi connectivity index (χ4n) is 1.27. The van der Waals surface area contributed by atoms with E-state index in [9.17, 15) is 9.18 Å². The quantitative estimate of drug-likeness (QED) is 0.812. The molecule has 0 saturated carbocycles. The van der Waals surface area contributed by atoms with Gasteiger partial charge in [0.15, 0.2) is 0 Å². The summed E-state index contributed by atoms with van der Waals surface area (Å²) in [7, 11) is 1.68. The van der Waals surface area contributed by atoms with Crippen LogP contribution in [0.4, 0.5) is 4.39 Å². The van der Waals surface area contributed by atoms with Gasteiger partial charge in [0.1, 0.15) is 5.82 Å². The van der Waals surface area contributed by atoms with Gasteiger partial charge in [-0.15, -0.1) is 0 Å². The summed E-state index contributed by atoms with van der Waals surface area (Å²) in [6, 6.07) is 5.68. The van der Waals surface area contributed by atoms with Crippen LogP contribution in [0.2, 0.25) is 0 Å². The molecule has 0 fully saturated rings. The Morgan fingerprint density at radius 2 is 2.27 bits per heavy atom. The molecule has 3 nitrogen and oxygen atoms in total. The van der Waals surface area contributed by atoms with Crippen LogP contribution in [-0.4, -0.2) is 30.9 Å². The zero-order chi connectivity index (χ0) is 11.3. The first-order chi connectivity index (χ1) is 7.15. The highest BCUT2D eigenvalue weighted by Crippen LogP contribution is 2.06. The van der Waals surface area contributed by atoms with Crippen LogP contribution in [0.15, 0.2) is 24.3 Å². The summed E-state index contributed by atoms with van der Waals surface area (Å²) in [4.78, 5) is 13.3. The minimum atomic E-state index is -0.395. The molecule has 0 saturated heterocycles. The van der Waals surface area contributed by atoms with E-state index in [-0.39, 0.29) is 5.91 Å². The van der Waals surface area contributed by atoms with E-state index >= 15 is 0 Å². The summed E-state index contributed by atoms with van der Waals surface area (Å²) in [6.45, 7) is 1.13. The molecular formula is C11H15FN2O. The Bertz CT molecular complexity index is 341. The first-order valence-corrected chi connectivity index (χ1v) is 4.86. The number of nitrogens with two attached hydrogens (primary N) is 1. The maximum atomic E-state index is 12.9. The maximum Gasteiger partial charge on any atom is 0.253 e. The van der Waals surface area contributed by atoms with Crippen LogP contribution in [0.25, 0.3) is 0 Å². The molecule has 82 valence electrons. The molecule has 0 bridgehead atoms. The topological polar surface area (TPSA) is 46.3 Å². The van der Waals surface area contributed by atoms with Crippen molar-refractivity contribution >= 4 is 5.91 Å². The zero-order valence-corrected chi connectivity index (χ0v) is 8.74. The fraction of sp³-hybridized carbons (Fsp3) is 0.364. The number of rotatable bonds is 4. The van der Waals surface area contributed by atoms with Crippen LogP contribution in [0, 0.1) is 5.82 Å². The molecule has 1 aromatic carbocycles. The minimum Gasteiger partial charge on any atom is -0.342 e. The van der Waals surface area contributed by atoms with Gasteiger partial charge in [0.25, 0.3) is 5.91 Å². The lowest BCUT2D eigenvalue weighted by Crippen LogP contribution is -2.28. The zero-order valence-electron chi connectivity index (χ0n) is 8.74. The van der Waals surface area contributed by atoms with Crippen molar-refractivity contribution < 1.29 is 9.18 Å². The van der Waals surface area contributed by atoms with E-state index < -0.39 is 5.82 Å². The van der Waals surface area contributed by atoms with Crippen molar-refractivity contribution in [3.63, 3.8) is 0 Å². The molecule has 1 amide bonds. The molecule has 0 aliphatic rings.